The summed E-state index contributed by atoms with van der Waals surface area (Å²) in [4.78, 5) is 6.47. The lowest BCUT2D eigenvalue weighted by molar-refractivity contribution is 0.0381. The largest absolute Gasteiger partial charge is 0.375 e. The average molecular weight is 217 g/mol. The highest BCUT2D eigenvalue weighted by Crippen LogP contribution is 2.16. The van der Waals surface area contributed by atoms with Crippen LogP contribution in [0.2, 0.25) is 0 Å². The van der Waals surface area contributed by atoms with Crippen LogP contribution in [-0.2, 0) is 4.74 Å². The number of nitrogens with zero attached hydrogens (tertiary/aromatic N) is 3. The molecule has 0 N–H and O–H groups in total. The molecule has 1 aromatic rings. The molecule has 0 amide bonds. The summed E-state index contributed by atoms with van der Waals surface area (Å²) in [6.45, 7) is 4.56. The lowest BCUT2D eigenvalue weighted by atomic mass is 10.2. The first kappa shape index (κ1) is 10.9. The van der Waals surface area contributed by atoms with Crippen LogP contribution in [0.1, 0.15) is 19.0 Å². The number of rotatable bonds is 2. The normalized spacial score (nSPS) is 20.5. The van der Waals surface area contributed by atoms with E-state index in [1.165, 1.54) is 0 Å². The minimum absolute atomic E-state index is 0.279. The third kappa shape index (κ3) is 2.31. The molecule has 1 fully saturated rings. The van der Waals surface area contributed by atoms with Gasteiger partial charge in [-0.25, -0.2) is 4.98 Å². The van der Waals surface area contributed by atoms with Gasteiger partial charge in [-0.15, -0.1) is 0 Å². The summed E-state index contributed by atoms with van der Waals surface area (Å²) in [6.07, 6.45) is 1.29. The Kier molecular flexibility index (Phi) is 3.37. The fourth-order valence-electron chi connectivity index (χ4n) is 1.84. The minimum atomic E-state index is 0.279. The molecule has 2 rings (SSSR count). The van der Waals surface area contributed by atoms with Crippen LogP contribution in [0.15, 0.2) is 18.2 Å². The molecule has 0 aromatic carbocycles. The van der Waals surface area contributed by atoms with Crippen LogP contribution in [0.4, 0.5) is 5.82 Å². The van der Waals surface area contributed by atoms with Crippen molar-refractivity contribution in [1.82, 2.24) is 4.98 Å². The Morgan fingerprint density at radius 1 is 1.62 bits per heavy atom. The molecule has 4 nitrogen and oxygen atoms in total. The van der Waals surface area contributed by atoms with E-state index >= 15 is 0 Å². The van der Waals surface area contributed by atoms with Gasteiger partial charge in [-0.3, -0.25) is 0 Å². The van der Waals surface area contributed by atoms with Crippen molar-refractivity contribution in [3.8, 4) is 6.07 Å². The summed E-state index contributed by atoms with van der Waals surface area (Å²) in [7, 11) is 0. The van der Waals surface area contributed by atoms with Gasteiger partial charge >= 0.3 is 0 Å². The summed E-state index contributed by atoms with van der Waals surface area (Å²) in [5.74, 6) is 0.876. The highest BCUT2D eigenvalue weighted by Gasteiger charge is 2.19. The van der Waals surface area contributed by atoms with Gasteiger partial charge < -0.3 is 9.64 Å². The summed E-state index contributed by atoms with van der Waals surface area (Å²) in [5, 5.41) is 8.80. The van der Waals surface area contributed by atoms with Gasteiger partial charge in [0.1, 0.15) is 17.6 Å². The number of hydrogen-bond acceptors (Lipinski definition) is 4. The van der Waals surface area contributed by atoms with Crippen LogP contribution in [-0.4, -0.2) is 30.8 Å². The molecular weight excluding hydrogens is 202 g/mol. The first-order chi connectivity index (χ1) is 7.83. The number of hydrogen-bond donors (Lipinski definition) is 0. The van der Waals surface area contributed by atoms with Gasteiger partial charge in [0.25, 0.3) is 0 Å². The third-order valence-corrected chi connectivity index (χ3v) is 2.77. The molecule has 1 saturated heterocycles. The minimum Gasteiger partial charge on any atom is -0.375 e. The van der Waals surface area contributed by atoms with E-state index in [0.29, 0.717) is 5.69 Å². The van der Waals surface area contributed by atoms with Crippen LogP contribution < -0.4 is 4.90 Å². The van der Waals surface area contributed by atoms with Crippen molar-refractivity contribution < 1.29 is 4.74 Å². The van der Waals surface area contributed by atoms with E-state index in [1.807, 2.05) is 12.1 Å². The van der Waals surface area contributed by atoms with Crippen LogP contribution in [0, 0.1) is 11.3 Å². The monoisotopic (exact) mass is 217 g/mol. The summed E-state index contributed by atoms with van der Waals surface area (Å²) < 4.78 is 5.60. The van der Waals surface area contributed by atoms with Crippen LogP contribution >= 0.6 is 0 Å². The lowest BCUT2D eigenvalue weighted by Crippen LogP contribution is -2.42. The quantitative estimate of drug-likeness (QED) is 0.754. The van der Waals surface area contributed by atoms with Crippen LogP contribution in [0.25, 0.3) is 0 Å². The van der Waals surface area contributed by atoms with Crippen molar-refractivity contribution >= 4 is 5.82 Å². The Morgan fingerprint density at radius 3 is 3.25 bits per heavy atom. The molecule has 2 heterocycles. The summed E-state index contributed by atoms with van der Waals surface area (Å²) >= 11 is 0. The van der Waals surface area contributed by atoms with Crippen molar-refractivity contribution in [1.29, 1.82) is 5.26 Å². The molecule has 0 radical (unpaired) electrons. The van der Waals surface area contributed by atoms with Crippen molar-refractivity contribution in [2.24, 2.45) is 0 Å². The maximum atomic E-state index is 8.80. The zero-order chi connectivity index (χ0) is 11.4. The van der Waals surface area contributed by atoms with Gasteiger partial charge in [-0.05, 0) is 18.6 Å². The molecule has 0 aliphatic carbocycles. The number of aromatic nitrogens is 1. The van der Waals surface area contributed by atoms with Crippen molar-refractivity contribution in [3.05, 3.63) is 23.9 Å². The Hall–Kier alpha value is -1.60. The topological polar surface area (TPSA) is 49.2 Å². The van der Waals surface area contributed by atoms with Gasteiger partial charge in [-0.1, -0.05) is 13.0 Å². The first-order valence-corrected chi connectivity index (χ1v) is 5.57. The maximum absolute atomic E-state index is 8.80. The van der Waals surface area contributed by atoms with E-state index in [4.69, 9.17) is 10.00 Å². The van der Waals surface area contributed by atoms with Gasteiger partial charge in [0.05, 0.1) is 12.7 Å². The predicted molar refractivity (Wildman–Crippen MR) is 61.2 cm³/mol. The van der Waals surface area contributed by atoms with E-state index in [2.05, 4.69) is 22.9 Å². The first-order valence-electron chi connectivity index (χ1n) is 5.57. The number of anilines is 1. The maximum Gasteiger partial charge on any atom is 0.142 e. The van der Waals surface area contributed by atoms with E-state index in [0.717, 1.165) is 31.9 Å². The predicted octanol–water partition coefficient (Wildman–Crippen LogP) is 1.57. The molecule has 1 aliphatic heterocycles. The Bertz CT molecular complexity index is 399. The second kappa shape index (κ2) is 4.95. The standard InChI is InChI=1S/C12H15N3O/c1-2-11-9-15(6-7-16-11)12-5-3-4-10(8-13)14-12/h3-5,11H,2,6-7,9H2,1H3. The molecule has 0 saturated carbocycles. The Labute approximate surface area is 95.5 Å². The molecule has 1 atom stereocenters. The van der Waals surface area contributed by atoms with Gasteiger partial charge in [0, 0.05) is 13.1 Å². The van der Waals surface area contributed by atoms with Crippen LogP contribution in [0.3, 0.4) is 0 Å². The second-order valence-electron chi connectivity index (χ2n) is 3.84. The van der Waals surface area contributed by atoms with Crippen molar-refractivity contribution in [3.63, 3.8) is 0 Å². The number of nitriles is 1. The summed E-state index contributed by atoms with van der Waals surface area (Å²) in [6, 6.07) is 7.60. The average Bonchev–Trinajstić information content (AvgIpc) is 2.39. The molecule has 1 unspecified atom stereocenters. The highest BCUT2D eigenvalue weighted by atomic mass is 16.5. The molecule has 0 bridgehead atoms. The zero-order valence-electron chi connectivity index (χ0n) is 9.39. The van der Waals surface area contributed by atoms with E-state index in [-0.39, 0.29) is 6.10 Å². The summed E-state index contributed by atoms with van der Waals surface area (Å²) in [5.41, 5.74) is 0.469. The van der Waals surface area contributed by atoms with Crippen LogP contribution in [0.5, 0.6) is 0 Å². The number of pyridine rings is 1. The van der Waals surface area contributed by atoms with Gasteiger partial charge in [0.2, 0.25) is 0 Å². The number of morpholine rings is 1. The molecule has 1 aliphatic rings. The SMILES string of the molecule is CCC1CN(c2cccc(C#N)n2)CCO1. The number of ether oxygens (including phenoxy) is 1. The smallest absolute Gasteiger partial charge is 0.142 e. The zero-order valence-corrected chi connectivity index (χ0v) is 9.39. The van der Waals surface area contributed by atoms with E-state index in [1.54, 1.807) is 6.07 Å². The van der Waals surface area contributed by atoms with Gasteiger partial charge in [0.15, 0.2) is 0 Å². The molecule has 84 valence electrons. The molecular formula is C12H15N3O. The lowest BCUT2D eigenvalue weighted by Gasteiger charge is -2.33. The Balaban J connectivity index is 2.14. The fourth-order valence-corrected chi connectivity index (χ4v) is 1.84. The molecule has 4 heteroatoms. The van der Waals surface area contributed by atoms with Gasteiger partial charge in [-0.2, -0.15) is 5.26 Å². The van der Waals surface area contributed by atoms with Crippen molar-refractivity contribution in [2.75, 3.05) is 24.6 Å². The van der Waals surface area contributed by atoms with Crippen molar-refractivity contribution in [2.45, 2.75) is 19.4 Å². The van der Waals surface area contributed by atoms with E-state index < -0.39 is 0 Å². The molecule has 0 spiro atoms. The van der Waals surface area contributed by atoms with E-state index in [9.17, 15) is 0 Å². The highest BCUT2D eigenvalue weighted by molar-refractivity contribution is 5.42. The molecule has 1 aromatic heterocycles. The molecule has 16 heavy (non-hydrogen) atoms. The second-order valence-corrected chi connectivity index (χ2v) is 3.84. The Morgan fingerprint density at radius 2 is 2.50 bits per heavy atom. The third-order valence-electron chi connectivity index (χ3n) is 2.77. The fraction of sp³-hybridized carbons (Fsp3) is 0.500.